The Bertz CT molecular complexity index is 555. The molecule has 5 nitrogen and oxygen atoms in total. The molecule has 7 heteroatoms. The van der Waals surface area contributed by atoms with Gasteiger partial charge >= 0.3 is 0 Å². The van der Waals surface area contributed by atoms with Crippen molar-refractivity contribution in [2.45, 2.75) is 25.6 Å². The van der Waals surface area contributed by atoms with Crippen molar-refractivity contribution < 1.29 is 12.8 Å². The van der Waals surface area contributed by atoms with Gasteiger partial charge in [0.1, 0.15) is 11.7 Å². The van der Waals surface area contributed by atoms with Crippen molar-refractivity contribution in [3.8, 4) is 0 Å². The van der Waals surface area contributed by atoms with E-state index in [0.29, 0.717) is 0 Å². The maximum absolute atomic E-state index is 13.6. The van der Waals surface area contributed by atoms with Crippen LogP contribution in [0, 0.1) is 11.2 Å². The summed E-state index contributed by atoms with van der Waals surface area (Å²) >= 11 is 0. The minimum atomic E-state index is -3.42. The highest BCUT2D eigenvalue weighted by Crippen LogP contribution is 2.11. The van der Waals surface area contributed by atoms with Crippen LogP contribution in [0.15, 0.2) is 18.2 Å². The number of nitrogen functional groups attached to an aromatic ring is 1. The second kappa shape index (κ2) is 5.45. The van der Waals surface area contributed by atoms with E-state index < -0.39 is 21.1 Å². The van der Waals surface area contributed by atoms with E-state index in [0.717, 1.165) is 6.07 Å². The van der Waals surface area contributed by atoms with E-state index in [1.54, 1.807) is 0 Å². The fraction of sp³-hybridized carbons (Fsp3) is 0.364. The summed E-state index contributed by atoms with van der Waals surface area (Å²) in [7, 11) is -3.42. The largest absolute Gasteiger partial charge is 0.384 e. The fourth-order valence-electron chi connectivity index (χ4n) is 1.20. The van der Waals surface area contributed by atoms with Gasteiger partial charge in [0.05, 0.1) is 5.25 Å². The Hall–Kier alpha value is -1.47. The monoisotopic (exact) mass is 273 g/mol. The molecule has 0 spiro atoms. The molecule has 1 aromatic carbocycles. The number of halogens is 1. The average Bonchev–Trinajstić information content (AvgIpc) is 2.26. The molecule has 0 saturated carbocycles. The van der Waals surface area contributed by atoms with E-state index in [1.165, 1.54) is 26.0 Å². The Morgan fingerprint density at radius 2 is 2.11 bits per heavy atom. The smallest absolute Gasteiger partial charge is 0.214 e. The van der Waals surface area contributed by atoms with Crippen LogP contribution in [0.5, 0.6) is 0 Å². The normalized spacial score (nSPS) is 11.8. The molecule has 0 aliphatic carbocycles. The van der Waals surface area contributed by atoms with Gasteiger partial charge < -0.3 is 5.73 Å². The summed E-state index contributed by atoms with van der Waals surface area (Å²) in [6, 6.07) is 4.00. The summed E-state index contributed by atoms with van der Waals surface area (Å²) in [6.07, 6.45) is 0. The molecular formula is C11H16FN3O2S. The average molecular weight is 273 g/mol. The molecule has 0 atom stereocenters. The lowest BCUT2D eigenvalue weighted by molar-refractivity contribution is 0.566. The molecule has 0 aromatic heterocycles. The molecule has 0 amide bonds. The number of nitrogens with two attached hydrogens (primary N) is 1. The van der Waals surface area contributed by atoms with E-state index >= 15 is 0 Å². The first-order chi connectivity index (χ1) is 8.24. The topological polar surface area (TPSA) is 96.0 Å². The maximum atomic E-state index is 13.6. The Balaban J connectivity index is 2.84. The third kappa shape index (κ3) is 3.51. The van der Waals surface area contributed by atoms with Gasteiger partial charge in [-0.1, -0.05) is 12.1 Å². The predicted molar refractivity (Wildman–Crippen MR) is 68.3 cm³/mol. The van der Waals surface area contributed by atoms with Crippen LogP contribution < -0.4 is 10.5 Å². The van der Waals surface area contributed by atoms with Crippen LogP contribution in [0.25, 0.3) is 0 Å². The second-order valence-corrected chi connectivity index (χ2v) is 6.46. The zero-order valence-corrected chi connectivity index (χ0v) is 11.0. The van der Waals surface area contributed by atoms with Crippen molar-refractivity contribution in [3.63, 3.8) is 0 Å². The highest BCUT2D eigenvalue weighted by molar-refractivity contribution is 7.90. The Morgan fingerprint density at radius 1 is 1.50 bits per heavy atom. The van der Waals surface area contributed by atoms with Crippen molar-refractivity contribution in [2.75, 3.05) is 0 Å². The first kappa shape index (κ1) is 14.6. The van der Waals surface area contributed by atoms with Gasteiger partial charge in [-0.05, 0) is 19.9 Å². The molecular weight excluding hydrogens is 257 g/mol. The van der Waals surface area contributed by atoms with E-state index in [2.05, 4.69) is 4.72 Å². The molecule has 0 aliphatic rings. The summed E-state index contributed by atoms with van der Waals surface area (Å²) < 4.78 is 38.9. The first-order valence-electron chi connectivity index (χ1n) is 5.35. The minimum Gasteiger partial charge on any atom is -0.384 e. The number of benzene rings is 1. The summed E-state index contributed by atoms with van der Waals surface area (Å²) in [6.45, 7) is 2.96. The van der Waals surface area contributed by atoms with Crippen LogP contribution >= 0.6 is 0 Å². The molecule has 0 bridgehead atoms. The van der Waals surface area contributed by atoms with Crippen LogP contribution in [-0.4, -0.2) is 19.5 Å². The zero-order chi connectivity index (χ0) is 13.9. The van der Waals surface area contributed by atoms with Crippen molar-refractivity contribution in [3.05, 3.63) is 35.1 Å². The number of hydrogen-bond acceptors (Lipinski definition) is 3. The third-order valence-corrected chi connectivity index (χ3v) is 4.24. The Labute approximate surface area is 106 Å². The fourth-order valence-corrected chi connectivity index (χ4v) is 1.89. The molecule has 0 saturated heterocycles. The SMILES string of the molecule is CC(C)S(=O)(=O)NCc1ccc(C(=N)N)cc1F. The summed E-state index contributed by atoms with van der Waals surface area (Å²) in [5.74, 6) is -0.822. The second-order valence-electron chi connectivity index (χ2n) is 4.13. The van der Waals surface area contributed by atoms with Crippen LogP contribution in [0.4, 0.5) is 4.39 Å². The van der Waals surface area contributed by atoms with E-state index in [9.17, 15) is 12.8 Å². The zero-order valence-electron chi connectivity index (χ0n) is 10.2. The molecule has 1 aromatic rings. The molecule has 0 radical (unpaired) electrons. The van der Waals surface area contributed by atoms with Gasteiger partial charge in [-0.15, -0.1) is 0 Å². The summed E-state index contributed by atoms with van der Waals surface area (Å²) in [4.78, 5) is 0. The molecule has 0 unspecified atom stereocenters. The van der Waals surface area contributed by atoms with Gasteiger partial charge in [0.2, 0.25) is 10.0 Å². The van der Waals surface area contributed by atoms with Gasteiger partial charge in [-0.3, -0.25) is 5.41 Å². The quantitative estimate of drug-likeness (QED) is 0.550. The standard InChI is InChI=1S/C11H16FN3O2S/c1-7(2)18(16,17)15-6-9-4-3-8(11(13)14)5-10(9)12/h3-5,7,15H,6H2,1-2H3,(H3,13,14). The molecule has 18 heavy (non-hydrogen) atoms. The predicted octanol–water partition coefficient (Wildman–Crippen LogP) is 0.938. The van der Waals surface area contributed by atoms with Gasteiger partial charge in [-0.2, -0.15) is 0 Å². The third-order valence-electron chi connectivity index (χ3n) is 2.45. The van der Waals surface area contributed by atoms with Crippen LogP contribution in [0.3, 0.4) is 0 Å². The lowest BCUT2D eigenvalue weighted by atomic mass is 10.1. The molecule has 4 N–H and O–H groups in total. The van der Waals surface area contributed by atoms with E-state index in [-0.39, 0.29) is 23.5 Å². The number of hydrogen-bond donors (Lipinski definition) is 3. The van der Waals surface area contributed by atoms with Gasteiger partial charge in [0.15, 0.2) is 0 Å². The Kier molecular flexibility index (Phi) is 4.42. The number of sulfonamides is 1. The van der Waals surface area contributed by atoms with Crippen molar-refractivity contribution >= 4 is 15.9 Å². The lowest BCUT2D eigenvalue weighted by Gasteiger charge is -2.10. The van der Waals surface area contributed by atoms with Crippen molar-refractivity contribution in [2.24, 2.45) is 5.73 Å². The van der Waals surface area contributed by atoms with Crippen molar-refractivity contribution in [1.82, 2.24) is 4.72 Å². The van der Waals surface area contributed by atoms with Gasteiger partial charge in [0.25, 0.3) is 0 Å². The van der Waals surface area contributed by atoms with Crippen molar-refractivity contribution in [1.29, 1.82) is 5.41 Å². The molecule has 1 rings (SSSR count). The highest BCUT2D eigenvalue weighted by atomic mass is 32.2. The molecule has 0 heterocycles. The number of rotatable bonds is 5. The number of nitrogens with one attached hydrogen (secondary N) is 2. The minimum absolute atomic E-state index is 0.121. The maximum Gasteiger partial charge on any atom is 0.214 e. The van der Waals surface area contributed by atoms with Crippen LogP contribution in [-0.2, 0) is 16.6 Å². The summed E-state index contributed by atoms with van der Waals surface area (Å²) in [5, 5.41) is 6.59. The molecule has 0 fully saturated rings. The van der Waals surface area contributed by atoms with Gasteiger partial charge in [-0.25, -0.2) is 17.5 Å². The first-order valence-corrected chi connectivity index (χ1v) is 6.90. The van der Waals surface area contributed by atoms with Gasteiger partial charge in [0, 0.05) is 17.7 Å². The number of amidine groups is 1. The van der Waals surface area contributed by atoms with Crippen LogP contribution in [0.1, 0.15) is 25.0 Å². The van der Waals surface area contributed by atoms with Crippen LogP contribution in [0.2, 0.25) is 0 Å². The summed E-state index contributed by atoms with van der Waals surface area (Å²) in [5.41, 5.74) is 5.70. The lowest BCUT2D eigenvalue weighted by Crippen LogP contribution is -2.30. The molecule has 0 aliphatic heterocycles. The van der Waals surface area contributed by atoms with E-state index in [1.807, 2.05) is 0 Å². The van der Waals surface area contributed by atoms with E-state index in [4.69, 9.17) is 11.1 Å². The highest BCUT2D eigenvalue weighted by Gasteiger charge is 2.16. The Morgan fingerprint density at radius 3 is 2.56 bits per heavy atom. The molecule has 100 valence electrons.